The Morgan fingerprint density at radius 1 is 0.555 bits per heavy atom. The molecule has 119 heavy (non-hydrogen) atoms. The molecule has 6 fully saturated rings. The van der Waals surface area contributed by atoms with E-state index in [0.717, 1.165) is 103 Å². The Labute approximate surface area is 695 Å². The molecule has 16 rings (SSSR count). The molecule has 4 saturated carbocycles. The fourth-order valence-corrected chi connectivity index (χ4v) is 19.6. The number of carboxylic acid groups (broad SMARTS) is 1. The molecule has 4 aliphatic heterocycles. The highest BCUT2D eigenvalue weighted by molar-refractivity contribution is 7.91. The number of amides is 3. The Morgan fingerprint density at radius 3 is 1.39 bits per heavy atom. The van der Waals surface area contributed by atoms with Crippen molar-refractivity contribution < 1.29 is 78.4 Å². The van der Waals surface area contributed by atoms with Gasteiger partial charge < -0.3 is 33.9 Å². The maximum absolute atomic E-state index is 14.9. The maximum Gasteiger partial charge on any atom is 0.310 e. The van der Waals surface area contributed by atoms with E-state index in [4.69, 9.17) is 34.1 Å². The van der Waals surface area contributed by atoms with Crippen molar-refractivity contribution >= 4 is 77.1 Å². The number of carbonyl (C=O) groups excluding carboxylic acids is 5. The largest absolute Gasteiger partial charge is 0.497 e. The second-order valence-corrected chi connectivity index (χ2v) is 38.9. The normalized spacial score (nSPS) is 26.0. The molecule has 4 N–H and O–H groups in total. The number of allylic oxidation sites excluding steroid dienone is 4. The number of aromatic nitrogens is 2. The van der Waals surface area contributed by atoms with Crippen LogP contribution in [0.4, 0.5) is 8.78 Å². The summed E-state index contributed by atoms with van der Waals surface area (Å²) in [5, 5.41) is 16.7. The summed E-state index contributed by atoms with van der Waals surface area (Å²) in [5.41, 5.74) is 5.10. The van der Waals surface area contributed by atoms with Crippen molar-refractivity contribution in [2.75, 3.05) is 27.3 Å². The van der Waals surface area contributed by atoms with E-state index in [1.54, 1.807) is 37.9 Å². The second-order valence-electron chi connectivity index (χ2n) is 34.6. The Balaban J connectivity index is 0.000000179. The molecule has 25 heteroatoms. The highest BCUT2D eigenvalue weighted by atomic mass is 32.2. The highest BCUT2D eigenvalue weighted by Crippen LogP contribution is 2.59. The third kappa shape index (κ3) is 19.5. The fraction of sp³-hybridized carbons (Fsp3) is 0.447. The summed E-state index contributed by atoms with van der Waals surface area (Å²) in [6, 6.07) is 42.3. The molecule has 628 valence electrons. The summed E-state index contributed by atoms with van der Waals surface area (Å²) >= 11 is 0. The number of hydrogen-bond acceptors (Lipinski definition) is 16. The molecule has 0 bridgehead atoms. The van der Waals surface area contributed by atoms with E-state index >= 15 is 0 Å². The maximum atomic E-state index is 14.9. The minimum atomic E-state index is -3.95. The SMILES string of the molecule is CC1(S(N)(=O)=O)CC1.COc1ccc2c(O[C@@H]3C[C@H]4C(=O)C[C@]5(C(=O)NS(=O)(=O)C6(C)CC6)C[C@H]5/C=C\CCCCC[C@H](Cc5cc(C)cc(F)c5)C(=O)N4C3)cc(-c3ccccc3)nc2c1.COc1ccc2c(O[C@@H]3C[C@H]4C(=O)C[C@]5(C(=O)O)C[C@H]5/C=C\CCCCC[C@H](Cc5cc(C)cc(F)c5)C(=O)N4C3)cc(-c3ccccc3)nc2c1. The van der Waals surface area contributed by atoms with Gasteiger partial charge in [-0.05, 0) is 200 Å². The van der Waals surface area contributed by atoms with Gasteiger partial charge in [0.05, 0.1) is 82.1 Å². The zero-order chi connectivity index (χ0) is 84.3. The fourth-order valence-electron chi connectivity index (χ4n) is 17.6. The van der Waals surface area contributed by atoms with Crippen LogP contribution < -0.4 is 28.8 Å². The zero-order valence-corrected chi connectivity index (χ0v) is 70.0. The number of nitrogens with one attached hydrogen (secondary N) is 1. The molecule has 6 heterocycles. The predicted molar refractivity (Wildman–Crippen MR) is 451 cm³/mol. The highest BCUT2D eigenvalue weighted by Gasteiger charge is 2.64. The number of benzene rings is 6. The molecule has 3 amide bonds. The number of fused-ring (bicyclic) bond motifs is 6. The molecular formula is C94H106F2N6O15S2. The summed E-state index contributed by atoms with van der Waals surface area (Å²) in [4.78, 5) is 98.5. The molecular weight excluding hydrogens is 1560 g/mol. The van der Waals surface area contributed by atoms with Gasteiger partial charge in [0.2, 0.25) is 37.8 Å². The Kier molecular flexibility index (Phi) is 25.2. The molecule has 0 unspecified atom stereocenters. The van der Waals surface area contributed by atoms with Gasteiger partial charge in [-0.3, -0.25) is 33.5 Å². The van der Waals surface area contributed by atoms with E-state index in [2.05, 4.69) is 4.72 Å². The van der Waals surface area contributed by atoms with Gasteiger partial charge in [0.15, 0.2) is 11.6 Å². The van der Waals surface area contributed by atoms with Crippen LogP contribution in [0, 0.1) is 60.0 Å². The Morgan fingerprint density at radius 2 is 0.983 bits per heavy atom. The summed E-state index contributed by atoms with van der Waals surface area (Å²) < 4.78 is 102. The number of pyridine rings is 2. The minimum Gasteiger partial charge on any atom is -0.497 e. The smallest absolute Gasteiger partial charge is 0.310 e. The number of hydrogen-bond donors (Lipinski definition) is 3. The number of aryl methyl sites for hydroxylation is 2. The van der Waals surface area contributed by atoms with Crippen LogP contribution in [0.5, 0.6) is 23.0 Å². The molecule has 0 spiro atoms. The number of nitrogens with zero attached hydrogens (tertiary/aromatic N) is 4. The van der Waals surface area contributed by atoms with Gasteiger partial charge in [-0.2, -0.15) is 0 Å². The lowest BCUT2D eigenvalue weighted by Gasteiger charge is -2.29. The molecule has 2 aromatic heterocycles. The standard InChI is InChI=1S/C47H52FN3O7S.C43H45FN2O6.C4H9NO2S/c1-30-20-31(23-35(48)21-30)22-33-14-8-5-4-6-11-15-34-27-47(34,45(54)50-59(55,56)46(2)18-19-46)28-42(52)41-25-37(29-51(41)44(33)53)58-43-26-39(32-12-9-7-10-13-32)49-40-24-36(57-3)16-17-38(40)43;1-27-17-28(20-32(44)18-27)19-30-13-7-4-3-5-10-14-31-24-43(31,42(49)50)25-39(47)38-22-34(26-46(38)41(30)48)52-40-23-36(29-11-8-6-9-12-29)45-37-21-33(51-2)15-16-35(37)40;1-4(2-3-4)8(5,6)7/h7,9-13,15-17,20-21,23-24,26,33-34,37,41H,4-6,8,14,18-19,22,25,27-29H2,1-3H3,(H,50,54);6,8-12,14-18,20-21,23,30-31,34,38H,3-5,7,13,19,22,24-26H2,1-2H3,(H,49,50);2-3H2,1H3,(H2,5,6,7)/b15-11-;14-10-;/t33-,34-,37-,41+,47-;30-,31-,34-,38+,43-;/m11./s1. The number of aliphatic carboxylic acids is 1. The van der Waals surface area contributed by atoms with Gasteiger partial charge in [-0.15, -0.1) is 0 Å². The lowest BCUT2D eigenvalue weighted by atomic mass is 9.89. The number of ketones is 2. The molecule has 6 aromatic carbocycles. The predicted octanol–water partition coefficient (Wildman–Crippen LogP) is 16.0. The van der Waals surface area contributed by atoms with Crippen LogP contribution in [0.15, 0.2) is 170 Å². The van der Waals surface area contributed by atoms with Crippen LogP contribution in [0.3, 0.4) is 0 Å². The molecule has 2 saturated heterocycles. The van der Waals surface area contributed by atoms with Crippen LogP contribution in [0.1, 0.15) is 165 Å². The number of rotatable bonds is 17. The first-order valence-electron chi connectivity index (χ1n) is 41.6. The van der Waals surface area contributed by atoms with Crippen molar-refractivity contribution in [3.8, 4) is 45.5 Å². The van der Waals surface area contributed by atoms with Crippen molar-refractivity contribution in [2.24, 2.45) is 39.6 Å². The quantitative estimate of drug-likeness (QED) is 0.0714. The first-order valence-corrected chi connectivity index (χ1v) is 44.7. The third-order valence-electron chi connectivity index (χ3n) is 25.6. The second kappa shape index (κ2) is 35.2. The zero-order valence-electron chi connectivity index (χ0n) is 68.4. The van der Waals surface area contributed by atoms with E-state index in [0.29, 0.717) is 102 Å². The number of halogens is 2. The van der Waals surface area contributed by atoms with Crippen LogP contribution >= 0.6 is 0 Å². The average molecular weight is 1660 g/mol. The minimum absolute atomic E-state index is 0.115. The first kappa shape index (κ1) is 85.2. The number of carboxylic acids is 1. The van der Waals surface area contributed by atoms with Crippen LogP contribution in [0.25, 0.3) is 44.3 Å². The van der Waals surface area contributed by atoms with E-state index in [-0.39, 0.29) is 85.6 Å². The summed E-state index contributed by atoms with van der Waals surface area (Å²) in [6.07, 6.45) is 18.5. The van der Waals surface area contributed by atoms with Gasteiger partial charge in [0.25, 0.3) is 0 Å². The molecule has 8 aliphatic rings. The third-order valence-corrected chi connectivity index (χ3v) is 29.5. The van der Waals surface area contributed by atoms with Gasteiger partial charge >= 0.3 is 5.97 Å². The monoisotopic (exact) mass is 1660 g/mol. The Bertz CT molecular complexity index is 5450. The summed E-state index contributed by atoms with van der Waals surface area (Å²) in [5.74, 6) is -2.43. The van der Waals surface area contributed by atoms with Gasteiger partial charge in [0.1, 0.15) is 46.8 Å². The molecule has 4 aliphatic carbocycles. The van der Waals surface area contributed by atoms with Crippen molar-refractivity contribution in [3.63, 3.8) is 0 Å². The summed E-state index contributed by atoms with van der Waals surface area (Å²) in [6.45, 7) is 7.23. The molecule has 21 nitrogen and oxygen atoms in total. The number of nitrogens with two attached hydrogens (primary N) is 1. The van der Waals surface area contributed by atoms with Crippen molar-refractivity contribution in [1.29, 1.82) is 0 Å². The number of primary sulfonamides is 1. The van der Waals surface area contributed by atoms with E-state index < -0.39 is 88.4 Å². The number of sulfonamides is 2. The van der Waals surface area contributed by atoms with Crippen LogP contribution in [-0.4, -0.2) is 138 Å². The topological polar surface area (TPSA) is 298 Å². The average Bonchev–Trinajstić information content (AvgIpc) is 1.56. The first-order chi connectivity index (χ1) is 56.9. The molecule has 10 atom stereocenters. The van der Waals surface area contributed by atoms with Crippen molar-refractivity contribution in [3.05, 3.63) is 204 Å². The number of methoxy groups -OCH3 is 2. The number of Topliss-reactive ketones (excluding diaryl/α,β-unsaturated/α-hetero) is 2. The lowest BCUT2D eigenvalue weighted by molar-refractivity contribution is -0.147. The summed E-state index contributed by atoms with van der Waals surface area (Å²) in [7, 11) is -3.98. The Hall–Kier alpha value is -10.2. The van der Waals surface area contributed by atoms with Gasteiger partial charge in [-0.25, -0.2) is 40.7 Å². The van der Waals surface area contributed by atoms with Gasteiger partial charge in [0, 0.05) is 83.7 Å². The van der Waals surface area contributed by atoms with Crippen LogP contribution in [-0.2, 0) is 61.7 Å². The van der Waals surface area contributed by atoms with Crippen LogP contribution in [0.2, 0.25) is 0 Å². The van der Waals surface area contributed by atoms with E-state index in [1.165, 1.54) is 24.3 Å². The van der Waals surface area contributed by atoms with E-state index in [9.17, 15) is 59.5 Å². The molecule has 0 radical (unpaired) electrons. The number of carbonyl (C=O) groups is 6. The van der Waals surface area contributed by atoms with Gasteiger partial charge in [-0.1, -0.05) is 123 Å². The number of ether oxygens (including phenoxy) is 4. The lowest BCUT2D eigenvalue weighted by Crippen LogP contribution is -2.47. The molecule has 8 aromatic rings. The van der Waals surface area contributed by atoms with Crippen molar-refractivity contribution in [2.45, 2.75) is 203 Å². The van der Waals surface area contributed by atoms with Crippen molar-refractivity contribution in [1.82, 2.24) is 24.5 Å². The van der Waals surface area contributed by atoms with E-state index in [1.807, 2.05) is 159 Å².